The zero-order valence-corrected chi connectivity index (χ0v) is 11.2. The molecule has 0 aromatic carbocycles. The number of nitrogens with one attached hydrogen (secondary N) is 1. The van der Waals surface area contributed by atoms with Crippen LogP contribution in [0.3, 0.4) is 0 Å². The van der Waals surface area contributed by atoms with E-state index in [9.17, 15) is 4.79 Å². The van der Waals surface area contributed by atoms with Crippen molar-refractivity contribution in [2.45, 2.75) is 32.1 Å². The van der Waals surface area contributed by atoms with Crippen molar-refractivity contribution in [2.75, 3.05) is 18.4 Å². The lowest BCUT2D eigenvalue weighted by Crippen LogP contribution is -2.39. The molecule has 1 amide bonds. The third-order valence-corrected chi connectivity index (χ3v) is 4.05. The molecule has 0 unspecified atom stereocenters. The number of nitrogens with two attached hydrogens (primary N) is 2. The van der Waals surface area contributed by atoms with Gasteiger partial charge in [-0.2, -0.15) is 0 Å². The maximum absolute atomic E-state index is 11.3. The maximum atomic E-state index is 11.3. The number of primary amides is 1. The van der Waals surface area contributed by atoms with Crippen LogP contribution in [0.15, 0.2) is 18.3 Å². The van der Waals surface area contributed by atoms with Gasteiger partial charge < -0.3 is 16.8 Å². The molecule has 1 fully saturated rings. The van der Waals surface area contributed by atoms with Gasteiger partial charge in [-0.25, -0.2) is 4.98 Å². The summed E-state index contributed by atoms with van der Waals surface area (Å²) in [5.41, 5.74) is 11.9. The molecular weight excluding hydrogens is 240 g/mol. The van der Waals surface area contributed by atoms with Crippen molar-refractivity contribution in [1.82, 2.24) is 4.98 Å². The topological polar surface area (TPSA) is 94.0 Å². The first kappa shape index (κ1) is 13.8. The Balaban J connectivity index is 2.07. The van der Waals surface area contributed by atoms with E-state index in [0.29, 0.717) is 17.9 Å². The number of hydrogen-bond donors (Lipinski definition) is 3. The van der Waals surface area contributed by atoms with E-state index in [1.807, 2.05) is 0 Å². The lowest BCUT2D eigenvalue weighted by Gasteiger charge is -2.36. The van der Waals surface area contributed by atoms with E-state index >= 15 is 0 Å². The zero-order chi connectivity index (χ0) is 13.7. The molecular formula is C14H22N4O. The highest BCUT2D eigenvalue weighted by molar-refractivity contribution is 5.97. The Morgan fingerprint density at radius 2 is 2.11 bits per heavy atom. The quantitative estimate of drug-likeness (QED) is 0.749. The van der Waals surface area contributed by atoms with Crippen LogP contribution in [0.2, 0.25) is 0 Å². The third-order valence-electron chi connectivity index (χ3n) is 4.05. The molecule has 1 heterocycles. The Hall–Kier alpha value is -1.62. The number of rotatable bonds is 5. The van der Waals surface area contributed by atoms with E-state index in [0.717, 1.165) is 19.4 Å². The highest BCUT2D eigenvalue weighted by Crippen LogP contribution is 2.35. The van der Waals surface area contributed by atoms with E-state index in [1.165, 1.54) is 19.3 Å². The first-order valence-corrected chi connectivity index (χ1v) is 6.86. The average molecular weight is 262 g/mol. The second-order valence-corrected chi connectivity index (χ2v) is 5.38. The van der Waals surface area contributed by atoms with Crippen molar-refractivity contribution in [1.29, 1.82) is 0 Å². The van der Waals surface area contributed by atoms with E-state index < -0.39 is 5.91 Å². The molecule has 0 spiro atoms. The molecule has 104 valence electrons. The highest BCUT2D eigenvalue weighted by atomic mass is 16.1. The molecule has 5 N–H and O–H groups in total. The minimum absolute atomic E-state index is 0.130. The standard InChI is InChI=1S/C14H22N4O/c15-9-14(6-2-1-3-7-14)10-18-13-11(12(16)19)5-4-8-17-13/h4-5,8H,1-3,6-7,9-10,15H2,(H2,16,19)(H,17,18). The summed E-state index contributed by atoms with van der Waals surface area (Å²) in [4.78, 5) is 15.5. The molecule has 0 radical (unpaired) electrons. The van der Waals surface area contributed by atoms with Crippen LogP contribution in [0.25, 0.3) is 0 Å². The molecule has 19 heavy (non-hydrogen) atoms. The van der Waals surface area contributed by atoms with Crippen molar-refractivity contribution in [3.63, 3.8) is 0 Å². The fourth-order valence-corrected chi connectivity index (χ4v) is 2.77. The number of anilines is 1. The van der Waals surface area contributed by atoms with Gasteiger partial charge in [-0.3, -0.25) is 4.79 Å². The summed E-state index contributed by atoms with van der Waals surface area (Å²) in [5, 5.41) is 3.26. The molecule has 0 bridgehead atoms. The fourth-order valence-electron chi connectivity index (χ4n) is 2.77. The Bertz CT molecular complexity index is 441. The van der Waals surface area contributed by atoms with Crippen molar-refractivity contribution >= 4 is 11.7 Å². The number of nitrogens with zero attached hydrogens (tertiary/aromatic N) is 1. The van der Waals surface area contributed by atoms with Crippen LogP contribution in [-0.2, 0) is 0 Å². The van der Waals surface area contributed by atoms with E-state index in [-0.39, 0.29) is 5.41 Å². The molecule has 0 atom stereocenters. The molecule has 2 rings (SSSR count). The largest absolute Gasteiger partial charge is 0.369 e. The summed E-state index contributed by atoms with van der Waals surface area (Å²) in [6.45, 7) is 1.42. The first-order valence-electron chi connectivity index (χ1n) is 6.86. The summed E-state index contributed by atoms with van der Waals surface area (Å²) in [6.07, 6.45) is 7.67. The highest BCUT2D eigenvalue weighted by Gasteiger charge is 2.30. The number of carbonyl (C=O) groups is 1. The molecule has 1 aliphatic carbocycles. The van der Waals surface area contributed by atoms with Gasteiger partial charge in [0.15, 0.2) is 0 Å². The monoisotopic (exact) mass is 262 g/mol. The number of carbonyl (C=O) groups excluding carboxylic acids is 1. The van der Waals surface area contributed by atoms with Gasteiger partial charge in [-0.15, -0.1) is 0 Å². The summed E-state index contributed by atoms with van der Waals surface area (Å²) < 4.78 is 0. The minimum atomic E-state index is -0.457. The predicted octanol–water partition coefficient (Wildman–Crippen LogP) is 1.50. The van der Waals surface area contributed by atoms with Crippen LogP contribution in [0.4, 0.5) is 5.82 Å². The minimum Gasteiger partial charge on any atom is -0.369 e. The Labute approximate surface area is 113 Å². The molecule has 1 aromatic heterocycles. The lowest BCUT2D eigenvalue weighted by molar-refractivity contribution is 0.100. The third kappa shape index (κ3) is 3.23. The van der Waals surface area contributed by atoms with Crippen LogP contribution >= 0.6 is 0 Å². The molecule has 1 saturated carbocycles. The van der Waals surface area contributed by atoms with Gasteiger partial charge in [0.25, 0.3) is 5.91 Å². The second kappa shape index (κ2) is 6.02. The van der Waals surface area contributed by atoms with Crippen LogP contribution in [0.5, 0.6) is 0 Å². The lowest BCUT2D eigenvalue weighted by atomic mass is 9.74. The smallest absolute Gasteiger partial charge is 0.252 e. The Morgan fingerprint density at radius 1 is 1.37 bits per heavy atom. The van der Waals surface area contributed by atoms with Crippen molar-refractivity contribution in [2.24, 2.45) is 16.9 Å². The van der Waals surface area contributed by atoms with Crippen LogP contribution in [0, 0.1) is 5.41 Å². The maximum Gasteiger partial charge on any atom is 0.252 e. The molecule has 0 aliphatic heterocycles. The normalized spacial score (nSPS) is 17.9. The molecule has 5 nitrogen and oxygen atoms in total. The molecule has 1 aliphatic rings. The van der Waals surface area contributed by atoms with E-state index in [2.05, 4.69) is 10.3 Å². The zero-order valence-electron chi connectivity index (χ0n) is 11.2. The van der Waals surface area contributed by atoms with Gasteiger partial charge in [0.2, 0.25) is 0 Å². The van der Waals surface area contributed by atoms with Crippen molar-refractivity contribution in [3.8, 4) is 0 Å². The van der Waals surface area contributed by atoms with Crippen LogP contribution in [-0.4, -0.2) is 24.0 Å². The Morgan fingerprint density at radius 3 is 2.74 bits per heavy atom. The number of aromatic nitrogens is 1. The van der Waals surface area contributed by atoms with E-state index in [4.69, 9.17) is 11.5 Å². The van der Waals surface area contributed by atoms with Gasteiger partial charge in [0.05, 0.1) is 5.56 Å². The van der Waals surface area contributed by atoms with Gasteiger partial charge >= 0.3 is 0 Å². The second-order valence-electron chi connectivity index (χ2n) is 5.38. The van der Waals surface area contributed by atoms with Gasteiger partial charge in [-0.1, -0.05) is 19.3 Å². The average Bonchev–Trinajstić information content (AvgIpc) is 2.46. The number of pyridine rings is 1. The Kier molecular flexibility index (Phi) is 4.37. The van der Waals surface area contributed by atoms with Gasteiger partial charge in [-0.05, 0) is 36.9 Å². The summed E-state index contributed by atoms with van der Waals surface area (Å²) in [5.74, 6) is 0.106. The fraction of sp³-hybridized carbons (Fsp3) is 0.571. The van der Waals surface area contributed by atoms with Gasteiger partial charge in [0.1, 0.15) is 5.82 Å². The van der Waals surface area contributed by atoms with Crippen molar-refractivity contribution in [3.05, 3.63) is 23.9 Å². The molecule has 0 saturated heterocycles. The molecule has 1 aromatic rings. The summed E-state index contributed by atoms with van der Waals surface area (Å²) in [7, 11) is 0. The van der Waals surface area contributed by atoms with Gasteiger partial charge in [0, 0.05) is 12.7 Å². The predicted molar refractivity (Wildman–Crippen MR) is 75.8 cm³/mol. The van der Waals surface area contributed by atoms with E-state index in [1.54, 1.807) is 18.3 Å². The SMILES string of the molecule is NCC1(CNc2ncccc2C(N)=O)CCCCC1. The summed E-state index contributed by atoms with van der Waals surface area (Å²) in [6, 6.07) is 3.40. The first-order chi connectivity index (χ1) is 9.17. The van der Waals surface area contributed by atoms with Crippen LogP contribution in [0.1, 0.15) is 42.5 Å². The van der Waals surface area contributed by atoms with Crippen LogP contribution < -0.4 is 16.8 Å². The number of hydrogen-bond acceptors (Lipinski definition) is 4. The summed E-state index contributed by atoms with van der Waals surface area (Å²) >= 11 is 0. The number of amides is 1. The van der Waals surface area contributed by atoms with Crippen molar-refractivity contribution < 1.29 is 4.79 Å². The molecule has 5 heteroatoms.